The molecule has 0 atom stereocenters. The van der Waals surface area contributed by atoms with Gasteiger partial charge in [-0.1, -0.05) is 12.1 Å². The van der Waals surface area contributed by atoms with Gasteiger partial charge in [0.05, 0.1) is 0 Å². The molecule has 1 aromatic rings. The average molecular weight is 356 g/mol. The molecule has 1 fully saturated rings. The number of carboxylic acids is 1. The number of carbonyl (C=O) groups is 2. The van der Waals surface area contributed by atoms with Crippen LogP contribution in [0.4, 0.5) is 10.5 Å². The summed E-state index contributed by atoms with van der Waals surface area (Å²) in [5.74, 6) is -0.734. The molecule has 1 heterocycles. The summed E-state index contributed by atoms with van der Waals surface area (Å²) in [5.41, 5.74) is 1.94. The second-order valence-corrected chi connectivity index (χ2v) is 5.98. The normalized spacial score (nSPS) is 14.8. The maximum absolute atomic E-state index is 12.3. The van der Waals surface area contributed by atoms with Crippen molar-refractivity contribution in [2.75, 3.05) is 38.0 Å². The highest BCUT2D eigenvalue weighted by Gasteiger charge is 2.20. The number of rotatable bonds is 6. The number of aryl methyl sites for hydroxylation is 1. The van der Waals surface area contributed by atoms with E-state index in [1.54, 1.807) is 0 Å². The number of amides is 2. The van der Waals surface area contributed by atoms with Crippen molar-refractivity contribution in [3.05, 3.63) is 29.8 Å². The lowest BCUT2D eigenvalue weighted by Crippen LogP contribution is -2.50. The van der Waals surface area contributed by atoms with Gasteiger partial charge >= 0.3 is 12.0 Å². The van der Waals surface area contributed by atoms with E-state index in [-0.39, 0.29) is 24.9 Å². The van der Waals surface area contributed by atoms with E-state index in [9.17, 15) is 9.59 Å². The Kier molecular flexibility index (Phi) is 8.57. The zero-order valence-corrected chi connectivity index (χ0v) is 14.8. The summed E-state index contributed by atoms with van der Waals surface area (Å²) >= 11 is 0. The van der Waals surface area contributed by atoms with Gasteiger partial charge in [-0.05, 0) is 44.0 Å². The fourth-order valence-corrected chi connectivity index (χ4v) is 2.71. The molecule has 0 radical (unpaired) electrons. The van der Waals surface area contributed by atoms with Crippen LogP contribution in [0.3, 0.4) is 0 Å². The van der Waals surface area contributed by atoms with E-state index in [2.05, 4.69) is 10.2 Å². The van der Waals surface area contributed by atoms with Crippen molar-refractivity contribution in [1.82, 2.24) is 9.80 Å². The number of piperazine rings is 1. The maximum Gasteiger partial charge on any atom is 0.321 e. The number of anilines is 1. The monoisotopic (exact) mass is 355 g/mol. The number of aliphatic carboxylic acids is 1. The second-order valence-electron chi connectivity index (χ2n) is 5.98. The number of benzene rings is 1. The van der Waals surface area contributed by atoms with Crippen LogP contribution in [0, 0.1) is 6.92 Å². The topological polar surface area (TPSA) is 72.9 Å². The Labute approximate surface area is 149 Å². The Bertz CT molecular complexity index is 546. The Morgan fingerprint density at radius 3 is 2.50 bits per heavy atom. The highest BCUT2D eigenvalue weighted by molar-refractivity contribution is 5.89. The minimum absolute atomic E-state index is 0. The summed E-state index contributed by atoms with van der Waals surface area (Å²) in [6.45, 7) is 6.00. The van der Waals surface area contributed by atoms with E-state index in [0.717, 1.165) is 37.3 Å². The van der Waals surface area contributed by atoms with Crippen LogP contribution in [0.15, 0.2) is 24.3 Å². The molecule has 1 aromatic carbocycles. The highest BCUT2D eigenvalue weighted by atomic mass is 35.5. The number of nitrogens with one attached hydrogen (secondary N) is 1. The van der Waals surface area contributed by atoms with E-state index < -0.39 is 5.97 Å². The van der Waals surface area contributed by atoms with Crippen LogP contribution >= 0.6 is 12.4 Å². The van der Waals surface area contributed by atoms with Crippen molar-refractivity contribution >= 4 is 30.1 Å². The summed E-state index contributed by atoms with van der Waals surface area (Å²) in [6, 6.07) is 7.72. The molecule has 2 rings (SSSR count). The van der Waals surface area contributed by atoms with Crippen LogP contribution in [-0.2, 0) is 4.79 Å². The first-order chi connectivity index (χ1) is 11.0. The largest absolute Gasteiger partial charge is 0.481 e. The maximum atomic E-state index is 12.3. The van der Waals surface area contributed by atoms with Gasteiger partial charge < -0.3 is 15.3 Å². The molecule has 1 aliphatic rings. The minimum atomic E-state index is -0.734. The lowest BCUT2D eigenvalue weighted by Gasteiger charge is -2.34. The lowest BCUT2D eigenvalue weighted by atomic mass is 10.2. The molecule has 1 saturated heterocycles. The quantitative estimate of drug-likeness (QED) is 0.769. The molecule has 0 aliphatic carbocycles. The zero-order chi connectivity index (χ0) is 16.7. The molecule has 2 amide bonds. The van der Waals surface area contributed by atoms with Gasteiger partial charge in [0.25, 0.3) is 0 Å². The summed E-state index contributed by atoms with van der Waals surface area (Å²) in [4.78, 5) is 26.8. The summed E-state index contributed by atoms with van der Waals surface area (Å²) in [5, 5.41) is 11.6. The van der Waals surface area contributed by atoms with Crippen LogP contribution in [0.5, 0.6) is 0 Å². The summed E-state index contributed by atoms with van der Waals surface area (Å²) in [6.07, 6.45) is 1.84. The van der Waals surface area contributed by atoms with Crippen molar-refractivity contribution in [2.24, 2.45) is 0 Å². The molecule has 0 unspecified atom stereocenters. The molecular weight excluding hydrogens is 330 g/mol. The van der Waals surface area contributed by atoms with Crippen molar-refractivity contribution in [3.63, 3.8) is 0 Å². The van der Waals surface area contributed by atoms with Gasteiger partial charge in [0.15, 0.2) is 0 Å². The lowest BCUT2D eigenvalue weighted by molar-refractivity contribution is -0.137. The predicted octanol–water partition coefficient (Wildman–Crippen LogP) is 2.82. The number of carbonyl (C=O) groups excluding carboxylic acids is 1. The number of urea groups is 1. The van der Waals surface area contributed by atoms with Gasteiger partial charge in [0.2, 0.25) is 0 Å². The van der Waals surface area contributed by atoms with Gasteiger partial charge in [0, 0.05) is 38.3 Å². The first kappa shape index (κ1) is 20.3. The third-order valence-corrected chi connectivity index (χ3v) is 4.04. The van der Waals surface area contributed by atoms with Gasteiger partial charge in [0.1, 0.15) is 0 Å². The molecule has 7 heteroatoms. The first-order valence-corrected chi connectivity index (χ1v) is 8.11. The third-order valence-electron chi connectivity index (χ3n) is 4.04. The molecule has 134 valence electrons. The third kappa shape index (κ3) is 6.76. The molecule has 2 N–H and O–H groups in total. The molecule has 24 heavy (non-hydrogen) atoms. The Morgan fingerprint density at radius 1 is 1.17 bits per heavy atom. The van der Waals surface area contributed by atoms with Gasteiger partial charge in [-0.15, -0.1) is 12.4 Å². The fraction of sp³-hybridized carbons (Fsp3) is 0.529. The number of hydrogen-bond donors (Lipinski definition) is 2. The number of carboxylic acid groups (broad SMARTS) is 1. The van der Waals surface area contributed by atoms with Crippen LogP contribution < -0.4 is 5.32 Å². The van der Waals surface area contributed by atoms with Crippen molar-refractivity contribution in [3.8, 4) is 0 Å². The van der Waals surface area contributed by atoms with Crippen LogP contribution in [0.25, 0.3) is 0 Å². The van der Waals surface area contributed by atoms with Crippen molar-refractivity contribution in [1.29, 1.82) is 0 Å². The molecule has 6 nitrogen and oxygen atoms in total. The predicted molar refractivity (Wildman–Crippen MR) is 96.9 cm³/mol. The molecule has 0 spiro atoms. The van der Waals surface area contributed by atoms with Crippen molar-refractivity contribution in [2.45, 2.75) is 26.2 Å². The van der Waals surface area contributed by atoms with Crippen LogP contribution in [0.1, 0.15) is 24.8 Å². The summed E-state index contributed by atoms with van der Waals surface area (Å²) in [7, 11) is 0. The molecule has 0 aromatic heterocycles. The highest BCUT2D eigenvalue weighted by Crippen LogP contribution is 2.12. The smallest absolute Gasteiger partial charge is 0.321 e. The number of hydrogen-bond acceptors (Lipinski definition) is 3. The molecular formula is C17H26ClN3O3. The average Bonchev–Trinajstić information content (AvgIpc) is 2.52. The number of halogens is 1. The zero-order valence-electron chi connectivity index (χ0n) is 14.0. The van der Waals surface area contributed by atoms with E-state index in [1.165, 1.54) is 0 Å². The SMILES string of the molecule is Cc1cccc(NC(=O)N2CCN(CCCCC(=O)O)CC2)c1.Cl. The minimum Gasteiger partial charge on any atom is -0.481 e. The van der Waals surface area contributed by atoms with E-state index in [0.29, 0.717) is 19.5 Å². The molecule has 0 saturated carbocycles. The summed E-state index contributed by atoms with van der Waals surface area (Å²) < 4.78 is 0. The van der Waals surface area contributed by atoms with E-state index in [4.69, 9.17) is 5.11 Å². The first-order valence-electron chi connectivity index (χ1n) is 8.11. The van der Waals surface area contributed by atoms with E-state index in [1.807, 2.05) is 36.1 Å². The van der Waals surface area contributed by atoms with Crippen molar-refractivity contribution < 1.29 is 14.7 Å². The van der Waals surface area contributed by atoms with Crippen LogP contribution in [-0.4, -0.2) is 59.6 Å². The van der Waals surface area contributed by atoms with Gasteiger partial charge in [-0.3, -0.25) is 9.69 Å². The number of nitrogens with zero attached hydrogens (tertiary/aromatic N) is 2. The Morgan fingerprint density at radius 2 is 1.88 bits per heavy atom. The fourth-order valence-electron chi connectivity index (χ4n) is 2.71. The second kappa shape index (κ2) is 10.2. The Hall–Kier alpha value is -1.79. The number of unbranched alkanes of at least 4 members (excludes halogenated alkanes) is 1. The standard InChI is InChI=1S/C17H25N3O3.ClH/c1-14-5-4-6-15(13-14)18-17(23)20-11-9-19(10-12-20)8-3-2-7-16(21)22;/h4-6,13H,2-3,7-12H2,1H3,(H,18,23)(H,21,22);1H. The van der Waals surface area contributed by atoms with Gasteiger partial charge in [-0.25, -0.2) is 4.79 Å². The molecule has 1 aliphatic heterocycles. The van der Waals surface area contributed by atoms with E-state index >= 15 is 0 Å². The van der Waals surface area contributed by atoms with Gasteiger partial charge in [-0.2, -0.15) is 0 Å². The Balaban J connectivity index is 0.00000288. The molecule has 0 bridgehead atoms. The van der Waals surface area contributed by atoms with Crippen LogP contribution in [0.2, 0.25) is 0 Å².